The zero-order chi connectivity index (χ0) is 9.14. The molecule has 0 atom stereocenters. The normalized spacial score (nSPS) is 9.50. The standard InChI is InChI=1S/C9H7Cl2N/c1-6-4-7(2-3-12)9(11)8(10)5-6/h4-5H,2H2,1H3. The van der Waals surface area contributed by atoms with Crippen molar-refractivity contribution in [1.29, 1.82) is 5.26 Å². The zero-order valence-electron chi connectivity index (χ0n) is 6.56. The number of benzene rings is 1. The molecular weight excluding hydrogens is 193 g/mol. The average molecular weight is 200 g/mol. The van der Waals surface area contributed by atoms with Crippen LogP contribution in [0.3, 0.4) is 0 Å². The monoisotopic (exact) mass is 199 g/mol. The second kappa shape index (κ2) is 3.80. The Balaban J connectivity index is 3.20. The van der Waals surface area contributed by atoms with Crippen molar-refractivity contribution >= 4 is 23.2 Å². The van der Waals surface area contributed by atoms with Gasteiger partial charge in [-0.1, -0.05) is 29.3 Å². The lowest BCUT2D eigenvalue weighted by Gasteiger charge is -2.03. The van der Waals surface area contributed by atoms with Crippen LogP contribution in [-0.4, -0.2) is 0 Å². The molecule has 0 heterocycles. The van der Waals surface area contributed by atoms with Crippen LogP contribution in [0.1, 0.15) is 11.1 Å². The molecule has 1 rings (SSSR count). The van der Waals surface area contributed by atoms with Crippen molar-refractivity contribution in [3.8, 4) is 6.07 Å². The molecule has 0 amide bonds. The van der Waals surface area contributed by atoms with Crippen LogP contribution >= 0.6 is 23.2 Å². The van der Waals surface area contributed by atoms with E-state index in [1.807, 2.05) is 19.1 Å². The van der Waals surface area contributed by atoms with E-state index < -0.39 is 0 Å². The molecule has 12 heavy (non-hydrogen) atoms. The summed E-state index contributed by atoms with van der Waals surface area (Å²) in [6, 6.07) is 5.69. The van der Waals surface area contributed by atoms with Gasteiger partial charge in [-0.2, -0.15) is 5.26 Å². The molecule has 3 heteroatoms. The Morgan fingerprint density at radius 1 is 1.42 bits per heavy atom. The second-order valence-corrected chi connectivity index (χ2v) is 3.34. The lowest BCUT2D eigenvalue weighted by atomic mass is 10.1. The van der Waals surface area contributed by atoms with Gasteiger partial charge in [-0.05, 0) is 24.1 Å². The van der Waals surface area contributed by atoms with Gasteiger partial charge >= 0.3 is 0 Å². The van der Waals surface area contributed by atoms with E-state index in [9.17, 15) is 0 Å². The molecule has 0 radical (unpaired) electrons. The minimum absolute atomic E-state index is 0.306. The number of rotatable bonds is 1. The predicted molar refractivity (Wildman–Crippen MR) is 50.5 cm³/mol. The van der Waals surface area contributed by atoms with Gasteiger partial charge in [0.2, 0.25) is 0 Å². The molecule has 1 nitrogen and oxygen atoms in total. The van der Waals surface area contributed by atoms with E-state index >= 15 is 0 Å². The third-order valence-corrected chi connectivity index (χ3v) is 2.36. The number of halogens is 2. The van der Waals surface area contributed by atoms with Crippen LogP contribution in [0.15, 0.2) is 12.1 Å². The molecule has 0 aliphatic carbocycles. The Kier molecular flexibility index (Phi) is 2.97. The quantitative estimate of drug-likeness (QED) is 0.681. The number of aryl methyl sites for hydroxylation is 1. The van der Waals surface area contributed by atoms with Crippen molar-refractivity contribution in [2.24, 2.45) is 0 Å². The fraction of sp³-hybridized carbons (Fsp3) is 0.222. The van der Waals surface area contributed by atoms with E-state index in [0.29, 0.717) is 16.5 Å². The number of hydrogen-bond donors (Lipinski definition) is 0. The van der Waals surface area contributed by atoms with Gasteiger partial charge in [-0.15, -0.1) is 0 Å². The summed E-state index contributed by atoms with van der Waals surface area (Å²) >= 11 is 11.7. The van der Waals surface area contributed by atoms with E-state index in [1.165, 1.54) is 0 Å². The summed E-state index contributed by atoms with van der Waals surface area (Å²) in [5, 5.41) is 9.48. The predicted octanol–water partition coefficient (Wildman–Crippen LogP) is 3.37. The van der Waals surface area contributed by atoms with Gasteiger partial charge in [0.1, 0.15) is 0 Å². The van der Waals surface area contributed by atoms with E-state index in [2.05, 4.69) is 0 Å². The molecule has 1 aromatic carbocycles. The Morgan fingerprint density at radius 2 is 2.08 bits per heavy atom. The number of nitriles is 1. The summed E-state index contributed by atoms with van der Waals surface area (Å²) in [5.74, 6) is 0. The number of nitrogens with zero attached hydrogens (tertiary/aromatic N) is 1. The second-order valence-electron chi connectivity index (χ2n) is 2.55. The first-order valence-electron chi connectivity index (χ1n) is 3.46. The van der Waals surface area contributed by atoms with Crippen molar-refractivity contribution in [2.45, 2.75) is 13.3 Å². The smallest absolute Gasteiger partial charge is 0.0670 e. The summed E-state index contributed by atoms with van der Waals surface area (Å²) < 4.78 is 0. The molecule has 0 saturated carbocycles. The highest BCUT2D eigenvalue weighted by Crippen LogP contribution is 2.27. The highest BCUT2D eigenvalue weighted by atomic mass is 35.5. The van der Waals surface area contributed by atoms with Crippen molar-refractivity contribution < 1.29 is 0 Å². The molecular formula is C9H7Cl2N. The first-order valence-corrected chi connectivity index (χ1v) is 4.22. The third-order valence-electron chi connectivity index (χ3n) is 1.52. The van der Waals surface area contributed by atoms with Crippen LogP contribution in [0.4, 0.5) is 0 Å². The summed E-state index contributed by atoms with van der Waals surface area (Å²) in [6.45, 7) is 1.92. The largest absolute Gasteiger partial charge is 0.198 e. The van der Waals surface area contributed by atoms with Crippen LogP contribution in [0.25, 0.3) is 0 Å². The van der Waals surface area contributed by atoms with Gasteiger partial charge in [0.25, 0.3) is 0 Å². The van der Waals surface area contributed by atoms with E-state index in [0.717, 1.165) is 11.1 Å². The molecule has 0 bridgehead atoms. The van der Waals surface area contributed by atoms with Crippen LogP contribution in [0.2, 0.25) is 10.0 Å². The molecule has 0 aliphatic heterocycles. The van der Waals surface area contributed by atoms with Crippen LogP contribution in [0, 0.1) is 18.3 Å². The Labute approximate surface area is 81.5 Å². The van der Waals surface area contributed by atoms with Crippen molar-refractivity contribution in [2.75, 3.05) is 0 Å². The van der Waals surface area contributed by atoms with Crippen LogP contribution in [0.5, 0.6) is 0 Å². The minimum Gasteiger partial charge on any atom is -0.198 e. The number of hydrogen-bond acceptors (Lipinski definition) is 1. The Morgan fingerprint density at radius 3 is 2.67 bits per heavy atom. The van der Waals surface area contributed by atoms with Crippen molar-refractivity contribution in [1.82, 2.24) is 0 Å². The Bertz CT molecular complexity index is 339. The third kappa shape index (κ3) is 1.91. The van der Waals surface area contributed by atoms with Crippen LogP contribution in [-0.2, 0) is 6.42 Å². The first kappa shape index (κ1) is 9.38. The van der Waals surface area contributed by atoms with Gasteiger partial charge in [0.05, 0.1) is 22.5 Å². The Hall–Kier alpha value is -0.710. The van der Waals surface area contributed by atoms with Crippen molar-refractivity contribution in [3.05, 3.63) is 33.3 Å². The molecule has 0 N–H and O–H groups in total. The lowest BCUT2D eigenvalue weighted by Crippen LogP contribution is -1.86. The average Bonchev–Trinajstić information content (AvgIpc) is 2.00. The highest BCUT2D eigenvalue weighted by molar-refractivity contribution is 6.42. The van der Waals surface area contributed by atoms with Gasteiger partial charge in [0, 0.05) is 0 Å². The SMILES string of the molecule is Cc1cc(Cl)c(Cl)c(CC#N)c1. The highest BCUT2D eigenvalue weighted by Gasteiger charge is 2.04. The maximum Gasteiger partial charge on any atom is 0.0670 e. The molecule has 0 aromatic heterocycles. The van der Waals surface area contributed by atoms with E-state index in [-0.39, 0.29) is 0 Å². The summed E-state index contributed by atoms with van der Waals surface area (Å²) in [4.78, 5) is 0. The summed E-state index contributed by atoms with van der Waals surface area (Å²) in [7, 11) is 0. The fourth-order valence-electron chi connectivity index (χ4n) is 1.01. The van der Waals surface area contributed by atoms with Gasteiger partial charge in [0.15, 0.2) is 0 Å². The molecule has 0 saturated heterocycles. The van der Waals surface area contributed by atoms with Crippen LogP contribution < -0.4 is 0 Å². The van der Waals surface area contributed by atoms with Gasteiger partial charge < -0.3 is 0 Å². The lowest BCUT2D eigenvalue weighted by molar-refractivity contribution is 1.24. The fourth-order valence-corrected chi connectivity index (χ4v) is 1.48. The van der Waals surface area contributed by atoms with Gasteiger partial charge in [-0.3, -0.25) is 0 Å². The molecule has 0 unspecified atom stereocenters. The van der Waals surface area contributed by atoms with Gasteiger partial charge in [-0.25, -0.2) is 0 Å². The van der Waals surface area contributed by atoms with E-state index in [1.54, 1.807) is 6.07 Å². The topological polar surface area (TPSA) is 23.8 Å². The first-order chi connectivity index (χ1) is 5.65. The summed E-state index contributed by atoms with van der Waals surface area (Å²) in [6.07, 6.45) is 0.306. The zero-order valence-corrected chi connectivity index (χ0v) is 8.08. The molecule has 62 valence electrons. The molecule has 0 fully saturated rings. The minimum atomic E-state index is 0.306. The molecule has 0 spiro atoms. The molecule has 1 aromatic rings. The van der Waals surface area contributed by atoms with E-state index in [4.69, 9.17) is 28.5 Å². The maximum absolute atomic E-state index is 8.47. The van der Waals surface area contributed by atoms with Crippen molar-refractivity contribution in [3.63, 3.8) is 0 Å². The molecule has 0 aliphatic rings. The maximum atomic E-state index is 8.47. The summed E-state index contributed by atoms with van der Waals surface area (Å²) in [5.41, 5.74) is 1.82.